The normalized spacial score (nSPS) is 14.1. The van der Waals surface area contributed by atoms with Crippen LogP contribution in [0.3, 0.4) is 0 Å². The fraction of sp³-hybridized carbons (Fsp3) is 0.750. The first-order chi connectivity index (χ1) is 7.42. The molecule has 1 heterocycles. The molecule has 1 rings (SSSR count). The van der Waals surface area contributed by atoms with Gasteiger partial charge in [0.2, 0.25) is 5.89 Å². The number of rotatable bonds is 5. The molecule has 0 bridgehead atoms. The second-order valence-electron chi connectivity index (χ2n) is 4.85. The summed E-state index contributed by atoms with van der Waals surface area (Å²) in [6, 6.07) is 0.147. The van der Waals surface area contributed by atoms with Crippen molar-refractivity contribution in [3.8, 4) is 0 Å². The first-order valence-corrected chi connectivity index (χ1v) is 5.74. The number of hydrogen-bond donors (Lipinski definition) is 1. The molecule has 0 saturated heterocycles. The molecule has 1 N–H and O–H groups in total. The molecular formula is C12H22N2O2. The fourth-order valence-corrected chi connectivity index (χ4v) is 1.27. The number of oxazole rings is 1. The van der Waals surface area contributed by atoms with Crippen molar-refractivity contribution in [3.05, 3.63) is 17.8 Å². The summed E-state index contributed by atoms with van der Waals surface area (Å²) in [5.74, 6) is 1.49. The van der Waals surface area contributed by atoms with E-state index in [1.165, 1.54) is 0 Å². The van der Waals surface area contributed by atoms with Crippen molar-refractivity contribution in [2.75, 3.05) is 6.54 Å². The Kier molecular flexibility index (Phi) is 4.50. The van der Waals surface area contributed by atoms with Gasteiger partial charge in [-0.15, -0.1) is 0 Å². The van der Waals surface area contributed by atoms with Crippen LogP contribution in [0.4, 0.5) is 0 Å². The van der Waals surface area contributed by atoms with Gasteiger partial charge in [-0.1, -0.05) is 6.92 Å². The van der Waals surface area contributed by atoms with E-state index in [4.69, 9.17) is 9.15 Å². The molecule has 0 amide bonds. The summed E-state index contributed by atoms with van der Waals surface area (Å²) in [6.45, 7) is 11.5. The monoisotopic (exact) mass is 226 g/mol. The molecule has 1 unspecified atom stereocenters. The molecule has 0 fully saturated rings. The average molecular weight is 226 g/mol. The Morgan fingerprint density at radius 2 is 2.19 bits per heavy atom. The van der Waals surface area contributed by atoms with Gasteiger partial charge in [0.15, 0.2) is 0 Å². The Bertz CT molecular complexity index is 315. The summed E-state index contributed by atoms with van der Waals surface area (Å²) in [6.07, 6.45) is 1.73. The SMILES string of the molecule is CCNC(C)c1ncc(COC(C)(C)C)o1. The molecule has 0 aliphatic rings. The van der Waals surface area contributed by atoms with Crippen LogP contribution in [0.1, 0.15) is 52.3 Å². The van der Waals surface area contributed by atoms with Crippen molar-refractivity contribution in [2.45, 2.75) is 52.9 Å². The highest BCUT2D eigenvalue weighted by Crippen LogP contribution is 2.16. The second-order valence-corrected chi connectivity index (χ2v) is 4.85. The summed E-state index contributed by atoms with van der Waals surface area (Å²) in [4.78, 5) is 4.23. The molecule has 1 aromatic heterocycles. The van der Waals surface area contributed by atoms with E-state index < -0.39 is 0 Å². The number of nitrogens with zero attached hydrogens (tertiary/aromatic N) is 1. The highest BCUT2D eigenvalue weighted by atomic mass is 16.5. The first kappa shape index (κ1) is 13.2. The second kappa shape index (κ2) is 5.46. The maximum atomic E-state index is 5.61. The number of hydrogen-bond acceptors (Lipinski definition) is 4. The number of nitrogens with one attached hydrogen (secondary N) is 1. The molecule has 0 aromatic carbocycles. The molecular weight excluding hydrogens is 204 g/mol. The highest BCUT2D eigenvalue weighted by molar-refractivity contribution is 4.96. The molecule has 0 aliphatic carbocycles. The molecule has 92 valence electrons. The largest absolute Gasteiger partial charge is 0.442 e. The van der Waals surface area contributed by atoms with E-state index in [0.717, 1.165) is 12.3 Å². The Morgan fingerprint density at radius 3 is 2.75 bits per heavy atom. The maximum Gasteiger partial charge on any atom is 0.211 e. The van der Waals surface area contributed by atoms with Gasteiger partial charge in [0.1, 0.15) is 12.4 Å². The zero-order valence-corrected chi connectivity index (χ0v) is 10.8. The number of aromatic nitrogens is 1. The molecule has 1 atom stereocenters. The lowest BCUT2D eigenvalue weighted by Crippen LogP contribution is -2.18. The molecule has 0 radical (unpaired) electrons. The Balaban J connectivity index is 2.51. The Labute approximate surface area is 97.4 Å². The third-order valence-corrected chi connectivity index (χ3v) is 2.10. The van der Waals surface area contributed by atoms with Gasteiger partial charge in [-0.2, -0.15) is 0 Å². The first-order valence-electron chi connectivity index (χ1n) is 5.74. The van der Waals surface area contributed by atoms with Crippen LogP contribution >= 0.6 is 0 Å². The van der Waals surface area contributed by atoms with Crippen molar-refractivity contribution >= 4 is 0 Å². The van der Waals surface area contributed by atoms with Gasteiger partial charge in [0.05, 0.1) is 17.8 Å². The predicted molar refractivity (Wildman–Crippen MR) is 63.1 cm³/mol. The van der Waals surface area contributed by atoms with Crippen LogP contribution in [-0.4, -0.2) is 17.1 Å². The van der Waals surface area contributed by atoms with E-state index in [1.807, 2.05) is 27.7 Å². The summed E-state index contributed by atoms with van der Waals surface area (Å²) < 4.78 is 11.2. The van der Waals surface area contributed by atoms with E-state index >= 15 is 0 Å². The predicted octanol–water partition coefficient (Wildman–Crippen LogP) is 2.66. The molecule has 4 nitrogen and oxygen atoms in total. The van der Waals surface area contributed by atoms with Crippen LogP contribution in [0, 0.1) is 0 Å². The van der Waals surface area contributed by atoms with E-state index in [2.05, 4.69) is 17.2 Å². The third kappa shape index (κ3) is 4.33. The van der Waals surface area contributed by atoms with Gasteiger partial charge < -0.3 is 14.5 Å². The van der Waals surface area contributed by atoms with E-state index in [-0.39, 0.29) is 11.6 Å². The smallest absolute Gasteiger partial charge is 0.211 e. The molecule has 4 heteroatoms. The topological polar surface area (TPSA) is 47.3 Å². The van der Waals surface area contributed by atoms with Crippen LogP contribution < -0.4 is 5.32 Å². The molecule has 0 saturated carbocycles. The van der Waals surface area contributed by atoms with Crippen molar-refractivity contribution < 1.29 is 9.15 Å². The standard InChI is InChI=1S/C12H22N2O2/c1-6-13-9(2)11-14-7-10(16-11)8-15-12(3,4)5/h7,9,13H,6,8H2,1-5H3. The summed E-state index contributed by atoms with van der Waals surface area (Å²) in [7, 11) is 0. The Morgan fingerprint density at radius 1 is 1.50 bits per heavy atom. The summed E-state index contributed by atoms with van der Waals surface area (Å²) in [5, 5.41) is 3.25. The average Bonchev–Trinajstić information content (AvgIpc) is 2.62. The minimum absolute atomic E-state index is 0.147. The molecule has 1 aromatic rings. The summed E-state index contributed by atoms with van der Waals surface area (Å²) in [5.41, 5.74) is -0.153. The fourth-order valence-electron chi connectivity index (χ4n) is 1.27. The minimum Gasteiger partial charge on any atom is -0.442 e. The number of ether oxygens (including phenoxy) is 1. The van der Waals surface area contributed by atoms with Gasteiger partial charge in [-0.25, -0.2) is 4.98 Å². The zero-order valence-electron chi connectivity index (χ0n) is 10.8. The highest BCUT2D eigenvalue weighted by Gasteiger charge is 2.14. The van der Waals surface area contributed by atoms with Crippen LogP contribution in [0.25, 0.3) is 0 Å². The molecule has 16 heavy (non-hydrogen) atoms. The minimum atomic E-state index is -0.153. The van der Waals surface area contributed by atoms with Gasteiger partial charge in [-0.05, 0) is 34.2 Å². The van der Waals surface area contributed by atoms with Crippen molar-refractivity contribution in [1.82, 2.24) is 10.3 Å². The lowest BCUT2D eigenvalue weighted by atomic mass is 10.2. The van der Waals surface area contributed by atoms with Crippen molar-refractivity contribution in [3.63, 3.8) is 0 Å². The van der Waals surface area contributed by atoms with Crippen LogP contribution in [-0.2, 0) is 11.3 Å². The van der Waals surface area contributed by atoms with E-state index in [1.54, 1.807) is 6.20 Å². The van der Waals surface area contributed by atoms with Gasteiger partial charge in [0.25, 0.3) is 0 Å². The lowest BCUT2D eigenvalue weighted by molar-refractivity contribution is -0.0228. The zero-order chi connectivity index (χ0) is 12.2. The quantitative estimate of drug-likeness (QED) is 0.838. The Hall–Kier alpha value is -0.870. The van der Waals surface area contributed by atoms with Gasteiger partial charge in [-0.3, -0.25) is 0 Å². The molecule has 0 spiro atoms. The molecule has 0 aliphatic heterocycles. The van der Waals surface area contributed by atoms with Gasteiger partial charge in [0, 0.05) is 0 Å². The lowest BCUT2D eigenvalue weighted by Gasteiger charge is -2.18. The summed E-state index contributed by atoms with van der Waals surface area (Å²) >= 11 is 0. The third-order valence-electron chi connectivity index (χ3n) is 2.10. The van der Waals surface area contributed by atoms with Gasteiger partial charge >= 0.3 is 0 Å². The van der Waals surface area contributed by atoms with E-state index in [0.29, 0.717) is 12.5 Å². The van der Waals surface area contributed by atoms with Crippen LogP contribution in [0.15, 0.2) is 10.6 Å². The van der Waals surface area contributed by atoms with Crippen LogP contribution in [0.5, 0.6) is 0 Å². The van der Waals surface area contributed by atoms with Crippen molar-refractivity contribution in [1.29, 1.82) is 0 Å². The maximum absolute atomic E-state index is 5.61. The van der Waals surface area contributed by atoms with Crippen LogP contribution in [0.2, 0.25) is 0 Å². The van der Waals surface area contributed by atoms with E-state index in [9.17, 15) is 0 Å². The van der Waals surface area contributed by atoms with Crippen molar-refractivity contribution in [2.24, 2.45) is 0 Å².